The normalized spacial score (nSPS) is 10.6. The zero-order valence-corrected chi connectivity index (χ0v) is 18.1. The summed E-state index contributed by atoms with van der Waals surface area (Å²) >= 11 is 0. The average Bonchev–Trinajstić information content (AvgIpc) is 2.62. The standard InChI is InChI=1S/C18H24O3S.CH2O.Na.H/c1-2-3-4-5-6-9-15-21-22(19,20)18-14-10-12-16-11-7-8-13-17(16)18;1-2;;/h7-8,10-14H,2-6,9,15H2,1H3;1H2;;/q;;+1;-1. The molecule has 0 amide bonds. The van der Waals surface area contributed by atoms with E-state index in [9.17, 15) is 8.42 Å². The SMILES string of the molecule is C=O.CCCCCCCCOS(=O)(=O)c1cccc2ccccc12.[H-].[Na+]. The fourth-order valence-corrected chi connectivity index (χ4v) is 3.69. The molecule has 2 aromatic rings. The molecule has 0 aliphatic rings. The summed E-state index contributed by atoms with van der Waals surface area (Å²) in [7, 11) is -3.68. The summed E-state index contributed by atoms with van der Waals surface area (Å²) in [6, 6.07) is 12.7. The number of hydrogen-bond acceptors (Lipinski definition) is 4. The Morgan fingerprint density at radius 1 is 0.920 bits per heavy atom. The van der Waals surface area contributed by atoms with Crippen LogP contribution in [0.4, 0.5) is 0 Å². The number of carbonyl (C=O) groups is 1. The molecule has 0 bridgehead atoms. The van der Waals surface area contributed by atoms with Gasteiger partial charge in [0, 0.05) is 5.39 Å². The molecule has 0 aliphatic carbocycles. The third-order valence-corrected chi connectivity index (χ3v) is 5.13. The van der Waals surface area contributed by atoms with E-state index in [4.69, 9.17) is 8.98 Å². The summed E-state index contributed by atoms with van der Waals surface area (Å²) in [4.78, 5) is 8.26. The third-order valence-electron chi connectivity index (χ3n) is 3.76. The predicted molar refractivity (Wildman–Crippen MR) is 98.7 cm³/mol. The number of benzene rings is 2. The minimum Gasteiger partial charge on any atom is -1.00 e. The molecule has 0 fully saturated rings. The molecule has 0 aromatic heterocycles. The van der Waals surface area contributed by atoms with Crippen LogP contribution in [0, 0.1) is 0 Å². The van der Waals surface area contributed by atoms with Crippen LogP contribution in [0.1, 0.15) is 46.9 Å². The van der Waals surface area contributed by atoms with Gasteiger partial charge in [0.15, 0.2) is 0 Å². The van der Waals surface area contributed by atoms with Crippen LogP contribution in [0.2, 0.25) is 0 Å². The first-order valence-corrected chi connectivity index (χ1v) is 9.72. The molecule has 2 aromatic carbocycles. The van der Waals surface area contributed by atoms with Gasteiger partial charge in [-0.1, -0.05) is 75.4 Å². The summed E-state index contributed by atoms with van der Waals surface area (Å²) in [5.74, 6) is 0. The van der Waals surface area contributed by atoms with Crippen molar-refractivity contribution in [2.45, 2.75) is 50.3 Å². The van der Waals surface area contributed by atoms with Gasteiger partial charge in [-0.2, -0.15) is 8.42 Å². The molecule has 4 nitrogen and oxygen atoms in total. The first kappa shape index (κ1) is 24.3. The molecule has 0 aliphatic heterocycles. The summed E-state index contributed by atoms with van der Waals surface area (Å²) in [6.07, 6.45) is 6.62. The van der Waals surface area contributed by atoms with E-state index in [1.165, 1.54) is 19.3 Å². The van der Waals surface area contributed by atoms with Crippen molar-refractivity contribution in [1.29, 1.82) is 0 Å². The number of rotatable bonds is 9. The fourth-order valence-electron chi connectivity index (χ4n) is 2.53. The summed E-state index contributed by atoms with van der Waals surface area (Å²) in [5, 5.41) is 1.62. The number of unbranched alkanes of at least 4 members (excludes halogenated alkanes) is 5. The molecule has 0 unspecified atom stereocenters. The predicted octanol–water partition coefficient (Wildman–Crippen LogP) is 1.84. The van der Waals surface area contributed by atoms with Gasteiger partial charge in [0.2, 0.25) is 0 Å². The Kier molecular flexibility index (Phi) is 13.1. The molecule has 0 radical (unpaired) electrons. The summed E-state index contributed by atoms with van der Waals surface area (Å²) < 4.78 is 29.9. The van der Waals surface area contributed by atoms with E-state index in [-0.39, 0.29) is 42.5 Å². The second-order valence-electron chi connectivity index (χ2n) is 5.52. The van der Waals surface area contributed by atoms with Gasteiger partial charge in [0.05, 0.1) is 6.61 Å². The molecule has 0 atom stereocenters. The first-order chi connectivity index (χ1) is 11.6. The Morgan fingerprint density at radius 3 is 2.24 bits per heavy atom. The average molecular weight is 374 g/mol. The third kappa shape index (κ3) is 8.01. The maximum absolute atomic E-state index is 12.4. The van der Waals surface area contributed by atoms with Crippen LogP contribution in [0.3, 0.4) is 0 Å². The van der Waals surface area contributed by atoms with E-state index < -0.39 is 10.1 Å². The van der Waals surface area contributed by atoms with Crippen LogP contribution in [0.5, 0.6) is 0 Å². The molecule has 134 valence electrons. The Labute approximate surface area is 174 Å². The molecular weight excluding hydrogens is 347 g/mol. The molecule has 0 saturated heterocycles. The van der Waals surface area contributed by atoms with Gasteiger partial charge in [0.1, 0.15) is 11.7 Å². The van der Waals surface area contributed by atoms with Crippen LogP contribution in [-0.2, 0) is 19.1 Å². The van der Waals surface area contributed by atoms with Gasteiger partial charge < -0.3 is 6.22 Å². The van der Waals surface area contributed by atoms with Crippen molar-refractivity contribution in [2.75, 3.05) is 6.61 Å². The topological polar surface area (TPSA) is 60.4 Å². The molecular formula is C19H27NaO4S. The van der Waals surface area contributed by atoms with Crippen LogP contribution in [-0.4, -0.2) is 21.8 Å². The second-order valence-corrected chi connectivity index (χ2v) is 7.10. The minimum absolute atomic E-state index is 0. The van der Waals surface area contributed by atoms with Crippen molar-refractivity contribution >= 4 is 27.7 Å². The first-order valence-electron chi connectivity index (χ1n) is 8.31. The smallest absolute Gasteiger partial charge is 1.00 e. The Bertz CT molecular complexity index is 717. The van der Waals surface area contributed by atoms with Crippen molar-refractivity contribution in [2.24, 2.45) is 0 Å². The summed E-state index contributed by atoms with van der Waals surface area (Å²) in [5.41, 5.74) is 0. The van der Waals surface area contributed by atoms with Gasteiger partial charge in [-0.3, -0.25) is 4.18 Å². The zero-order chi connectivity index (χ0) is 17.8. The zero-order valence-electron chi connectivity index (χ0n) is 16.2. The van der Waals surface area contributed by atoms with Crippen LogP contribution < -0.4 is 29.6 Å². The Balaban J connectivity index is 0. The maximum Gasteiger partial charge on any atom is 1.00 e. The summed E-state index contributed by atoms with van der Waals surface area (Å²) in [6.45, 7) is 4.44. The van der Waals surface area contributed by atoms with Crippen LogP contribution in [0.25, 0.3) is 10.8 Å². The minimum atomic E-state index is -3.68. The van der Waals surface area contributed by atoms with Crippen LogP contribution in [0.15, 0.2) is 47.4 Å². The van der Waals surface area contributed by atoms with E-state index in [1.807, 2.05) is 37.1 Å². The Morgan fingerprint density at radius 2 is 1.52 bits per heavy atom. The van der Waals surface area contributed by atoms with Crippen molar-refractivity contribution in [1.82, 2.24) is 0 Å². The molecule has 0 heterocycles. The largest absolute Gasteiger partial charge is 1.00 e. The van der Waals surface area contributed by atoms with E-state index in [0.29, 0.717) is 5.39 Å². The van der Waals surface area contributed by atoms with E-state index in [1.54, 1.807) is 12.1 Å². The van der Waals surface area contributed by atoms with Gasteiger partial charge in [-0.15, -0.1) is 0 Å². The molecule has 25 heavy (non-hydrogen) atoms. The molecule has 0 spiro atoms. The Hall–Kier alpha value is -0.720. The van der Waals surface area contributed by atoms with Gasteiger partial charge in [-0.25, -0.2) is 0 Å². The van der Waals surface area contributed by atoms with Crippen molar-refractivity contribution < 1.29 is 48.4 Å². The fraction of sp³-hybridized carbons (Fsp3) is 0.421. The van der Waals surface area contributed by atoms with Crippen molar-refractivity contribution in [3.8, 4) is 0 Å². The van der Waals surface area contributed by atoms with Gasteiger partial charge in [-0.05, 0) is 17.9 Å². The number of hydrogen-bond donors (Lipinski definition) is 0. The number of fused-ring (bicyclic) bond motifs is 1. The monoisotopic (exact) mass is 374 g/mol. The van der Waals surface area contributed by atoms with E-state index >= 15 is 0 Å². The quantitative estimate of drug-likeness (QED) is 0.382. The van der Waals surface area contributed by atoms with Crippen LogP contribution >= 0.6 is 0 Å². The van der Waals surface area contributed by atoms with Gasteiger partial charge in [0.25, 0.3) is 10.1 Å². The van der Waals surface area contributed by atoms with Gasteiger partial charge >= 0.3 is 29.6 Å². The van der Waals surface area contributed by atoms with E-state index in [2.05, 4.69) is 6.92 Å². The molecule has 0 saturated carbocycles. The number of carbonyl (C=O) groups excluding carboxylic acids is 1. The maximum atomic E-state index is 12.4. The second kappa shape index (κ2) is 13.5. The molecule has 0 N–H and O–H groups in total. The molecule has 2 rings (SSSR count). The van der Waals surface area contributed by atoms with E-state index in [0.717, 1.165) is 24.6 Å². The molecule has 6 heteroatoms. The van der Waals surface area contributed by atoms with Crippen molar-refractivity contribution in [3.05, 3.63) is 42.5 Å². The van der Waals surface area contributed by atoms with Crippen molar-refractivity contribution in [3.63, 3.8) is 0 Å².